The summed E-state index contributed by atoms with van der Waals surface area (Å²) in [6.45, 7) is 11.7. The van der Waals surface area contributed by atoms with Crippen LogP contribution in [0.4, 0.5) is 0 Å². The fourth-order valence-corrected chi connectivity index (χ4v) is 1.66. The standard InChI is InChI=1S/C14H30/c1-6-7-8-9-10-11-12-13(2)14(3,4)5/h13H,6-12H2,1-5H3. The Labute approximate surface area is 91.5 Å². The van der Waals surface area contributed by atoms with Crippen molar-refractivity contribution in [3.63, 3.8) is 0 Å². The first-order valence-electron chi connectivity index (χ1n) is 6.48. The van der Waals surface area contributed by atoms with Crippen LogP contribution in [0.1, 0.15) is 79.6 Å². The van der Waals surface area contributed by atoms with Crippen molar-refractivity contribution >= 4 is 0 Å². The van der Waals surface area contributed by atoms with Crippen molar-refractivity contribution in [2.24, 2.45) is 11.3 Å². The lowest BCUT2D eigenvalue weighted by Gasteiger charge is -2.27. The maximum Gasteiger partial charge on any atom is -0.0357 e. The molecule has 0 spiro atoms. The molecule has 0 fully saturated rings. The molecule has 0 rings (SSSR count). The molecule has 86 valence electrons. The fraction of sp³-hybridized carbons (Fsp3) is 1.00. The van der Waals surface area contributed by atoms with Gasteiger partial charge in [0.2, 0.25) is 0 Å². The molecule has 0 aromatic rings. The van der Waals surface area contributed by atoms with Crippen molar-refractivity contribution in [3.8, 4) is 0 Å². The van der Waals surface area contributed by atoms with Gasteiger partial charge in [-0.1, -0.05) is 79.6 Å². The third kappa shape index (κ3) is 7.41. The minimum absolute atomic E-state index is 0.503. The van der Waals surface area contributed by atoms with Gasteiger partial charge in [0.05, 0.1) is 0 Å². The van der Waals surface area contributed by atoms with Crippen LogP contribution in [0.25, 0.3) is 0 Å². The monoisotopic (exact) mass is 198 g/mol. The smallest absolute Gasteiger partial charge is 0.0357 e. The lowest BCUT2D eigenvalue weighted by atomic mass is 9.79. The maximum absolute atomic E-state index is 2.39. The van der Waals surface area contributed by atoms with Crippen molar-refractivity contribution in [2.75, 3.05) is 0 Å². The van der Waals surface area contributed by atoms with Crippen molar-refractivity contribution < 1.29 is 0 Å². The van der Waals surface area contributed by atoms with Gasteiger partial charge >= 0.3 is 0 Å². The Morgan fingerprint density at radius 3 is 1.86 bits per heavy atom. The number of hydrogen-bond acceptors (Lipinski definition) is 0. The highest BCUT2D eigenvalue weighted by atomic mass is 14.2. The quantitative estimate of drug-likeness (QED) is 0.479. The molecule has 0 bridgehead atoms. The van der Waals surface area contributed by atoms with Crippen LogP contribution in [0, 0.1) is 11.3 Å². The Bertz CT molecular complexity index is 118. The molecule has 0 amide bonds. The minimum atomic E-state index is 0.503. The first kappa shape index (κ1) is 14.0. The van der Waals surface area contributed by atoms with Gasteiger partial charge in [0, 0.05) is 0 Å². The van der Waals surface area contributed by atoms with E-state index in [9.17, 15) is 0 Å². The van der Waals surface area contributed by atoms with E-state index >= 15 is 0 Å². The largest absolute Gasteiger partial charge is 0.0654 e. The van der Waals surface area contributed by atoms with Gasteiger partial charge in [-0.15, -0.1) is 0 Å². The summed E-state index contributed by atoms with van der Waals surface area (Å²) in [6, 6.07) is 0. The molecule has 0 saturated heterocycles. The summed E-state index contributed by atoms with van der Waals surface area (Å²) in [5.74, 6) is 0.869. The van der Waals surface area contributed by atoms with Gasteiger partial charge in [-0.25, -0.2) is 0 Å². The Balaban J connectivity index is 3.28. The van der Waals surface area contributed by atoms with Crippen molar-refractivity contribution in [1.82, 2.24) is 0 Å². The Morgan fingerprint density at radius 1 is 0.857 bits per heavy atom. The van der Waals surface area contributed by atoms with E-state index in [2.05, 4.69) is 34.6 Å². The van der Waals surface area contributed by atoms with Gasteiger partial charge < -0.3 is 0 Å². The molecule has 1 unspecified atom stereocenters. The summed E-state index contributed by atoms with van der Waals surface area (Å²) >= 11 is 0. The van der Waals surface area contributed by atoms with Crippen LogP contribution >= 0.6 is 0 Å². The van der Waals surface area contributed by atoms with Crippen LogP contribution < -0.4 is 0 Å². The Hall–Kier alpha value is 0. The molecule has 0 aliphatic carbocycles. The molecule has 14 heavy (non-hydrogen) atoms. The van der Waals surface area contributed by atoms with E-state index in [4.69, 9.17) is 0 Å². The lowest BCUT2D eigenvalue weighted by molar-refractivity contribution is 0.240. The molecule has 0 aliphatic heterocycles. The van der Waals surface area contributed by atoms with E-state index < -0.39 is 0 Å². The first-order chi connectivity index (χ1) is 6.48. The molecule has 0 heterocycles. The molecular formula is C14H30. The third-order valence-corrected chi connectivity index (χ3v) is 3.47. The van der Waals surface area contributed by atoms with E-state index in [1.54, 1.807) is 0 Å². The lowest BCUT2D eigenvalue weighted by Crippen LogP contribution is -2.16. The molecule has 0 heteroatoms. The van der Waals surface area contributed by atoms with Crippen LogP contribution in [0.5, 0.6) is 0 Å². The van der Waals surface area contributed by atoms with Gasteiger partial charge in [-0.2, -0.15) is 0 Å². The van der Waals surface area contributed by atoms with Gasteiger partial charge in [-0.3, -0.25) is 0 Å². The van der Waals surface area contributed by atoms with Crippen LogP contribution in [0.15, 0.2) is 0 Å². The topological polar surface area (TPSA) is 0 Å². The molecular weight excluding hydrogens is 168 g/mol. The van der Waals surface area contributed by atoms with Crippen LogP contribution in [-0.4, -0.2) is 0 Å². The highest BCUT2D eigenvalue weighted by Gasteiger charge is 2.18. The zero-order chi connectivity index (χ0) is 11.0. The van der Waals surface area contributed by atoms with Crippen molar-refractivity contribution in [3.05, 3.63) is 0 Å². The fourth-order valence-electron chi connectivity index (χ4n) is 1.66. The molecule has 0 saturated carbocycles. The first-order valence-corrected chi connectivity index (χ1v) is 6.48. The molecule has 0 aromatic heterocycles. The van der Waals surface area contributed by atoms with E-state index in [0.717, 1.165) is 5.92 Å². The van der Waals surface area contributed by atoms with Gasteiger partial charge in [0.25, 0.3) is 0 Å². The minimum Gasteiger partial charge on any atom is -0.0654 e. The second kappa shape index (κ2) is 7.31. The average Bonchev–Trinajstić information content (AvgIpc) is 2.09. The highest BCUT2D eigenvalue weighted by molar-refractivity contribution is 4.69. The highest BCUT2D eigenvalue weighted by Crippen LogP contribution is 2.29. The summed E-state index contributed by atoms with van der Waals surface area (Å²) in [5, 5.41) is 0. The molecule has 0 aliphatic rings. The van der Waals surface area contributed by atoms with Crippen LogP contribution in [0.2, 0.25) is 0 Å². The van der Waals surface area contributed by atoms with Gasteiger partial charge in [-0.05, 0) is 11.3 Å². The third-order valence-electron chi connectivity index (χ3n) is 3.47. The van der Waals surface area contributed by atoms with E-state index in [1.165, 1.54) is 44.9 Å². The second-order valence-corrected chi connectivity index (χ2v) is 5.82. The predicted octanol–water partition coefficient (Wildman–Crippen LogP) is 5.42. The summed E-state index contributed by atoms with van der Waals surface area (Å²) in [6.07, 6.45) is 9.97. The number of rotatable bonds is 7. The second-order valence-electron chi connectivity index (χ2n) is 5.82. The van der Waals surface area contributed by atoms with Gasteiger partial charge in [0.1, 0.15) is 0 Å². The van der Waals surface area contributed by atoms with E-state index in [0.29, 0.717) is 5.41 Å². The summed E-state index contributed by atoms with van der Waals surface area (Å²) < 4.78 is 0. The van der Waals surface area contributed by atoms with E-state index in [-0.39, 0.29) is 0 Å². The molecule has 1 atom stereocenters. The molecule has 0 nitrogen and oxygen atoms in total. The Morgan fingerprint density at radius 2 is 1.36 bits per heavy atom. The maximum atomic E-state index is 2.39. The van der Waals surface area contributed by atoms with Gasteiger partial charge in [0.15, 0.2) is 0 Å². The molecule has 0 N–H and O–H groups in total. The number of unbranched alkanes of at least 4 members (excludes halogenated alkanes) is 5. The summed E-state index contributed by atoms with van der Waals surface area (Å²) in [4.78, 5) is 0. The normalized spacial score (nSPS) is 14.4. The Kier molecular flexibility index (Phi) is 7.31. The van der Waals surface area contributed by atoms with Crippen molar-refractivity contribution in [2.45, 2.75) is 79.6 Å². The molecule has 0 radical (unpaired) electrons. The number of hydrogen-bond donors (Lipinski definition) is 0. The predicted molar refractivity (Wildman–Crippen MR) is 66.6 cm³/mol. The zero-order valence-corrected chi connectivity index (χ0v) is 11.0. The van der Waals surface area contributed by atoms with Crippen molar-refractivity contribution in [1.29, 1.82) is 0 Å². The van der Waals surface area contributed by atoms with Crippen LogP contribution in [-0.2, 0) is 0 Å². The average molecular weight is 198 g/mol. The van der Waals surface area contributed by atoms with E-state index in [1.807, 2.05) is 0 Å². The molecule has 0 aromatic carbocycles. The SMILES string of the molecule is CCCCCCCCC(C)C(C)(C)C. The van der Waals surface area contributed by atoms with Crippen LogP contribution in [0.3, 0.4) is 0 Å². The zero-order valence-electron chi connectivity index (χ0n) is 11.0. The summed E-state index contributed by atoms with van der Waals surface area (Å²) in [7, 11) is 0. The summed E-state index contributed by atoms with van der Waals surface area (Å²) in [5.41, 5.74) is 0.503.